The molecule has 3 N–H and O–H groups in total. The maximum atomic E-state index is 8.88. The van der Waals surface area contributed by atoms with Crippen LogP contribution in [0.5, 0.6) is 0 Å². The fourth-order valence-corrected chi connectivity index (χ4v) is 0. The topological polar surface area (TPSA) is 77.8 Å². The first-order chi connectivity index (χ1) is 2.00. The SMILES string of the molecule is O=P(O)(O)O.[H-].[Na+].[Ni]. The molecule has 0 aliphatic carbocycles. The predicted molar refractivity (Wildman–Crippen MR) is 15.4 cm³/mol. The molecule has 0 unspecified atom stereocenters. The third-order valence-corrected chi connectivity index (χ3v) is 0. The first kappa shape index (κ1) is 15.8. The molecule has 0 saturated carbocycles. The summed E-state index contributed by atoms with van der Waals surface area (Å²) in [6.07, 6.45) is 0. The van der Waals surface area contributed by atoms with Crippen LogP contribution in [0.15, 0.2) is 0 Å². The molecule has 7 heavy (non-hydrogen) atoms. The molecule has 7 heteroatoms. The Morgan fingerprint density at radius 2 is 1.29 bits per heavy atom. The molecule has 4 nitrogen and oxygen atoms in total. The van der Waals surface area contributed by atoms with Crippen molar-refractivity contribution in [3.63, 3.8) is 0 Å². The number of hydrogen-bond donors (Lipinski definition) is 3. The van der Waals surface area contributed by atoms with Crippen LogP contribution >= 0.6 is 7.82 Å². The van der Waals surface area contributed by atoms with Gasteiger partial charge in [0.2, 0.25) is 0 Å². The monoisotopic (exact) mass is 180 g/mol. The minimum Gasteiger partial charge on any atom is -1.00 e. The molecule has 0 saturated heterocycles. The second-order valence-electron chi connectivity index (χ2n) is 0.513. The van der Waals surface area contributed by atoms with Crippen LogP contribution in [0.4, 0.5) is 0 Å². The summed E-state index contributed by atoms with van der Waals surface area (Å²) in [6.45, 7) is 0. The van der Waals surface area contributed by atoms with E-state index in [1.807, 2.05) is 0 Å². The van der Waals surface area contributed by atoms with Crippen molar-refractivity contribution >= 4 is 7.82 Å². The quantitative estimate of drug-likeness (QED) is 0.264. The van der Waals surface area contributed by atoms with Crippen molar-refractivity contribution in [1.29, 1.82) is 0 Å². The Kier molecular flexibility index (Phi) is 13.0. The van der Waals surface area contributed by atoms with Gasteiger partial charge >= 0.3 is 37.4 Å². The predicted octanol–water partition coefficient (Wildman–Crippen LogP) is -3.81. The van der Waals surface area contributed by atoms with Gasteiger partial charge in [-0.05, 0) is 0 Å². The molecule has 0 aliphatic heterocycles. The Bertz CT molecular complexity index is 62.2. The van der Waals surface area contributed by atoms with Crippen LogP contribution in [0, 0.1) is 0 Å². The maximum absolute atomic E-state index is 8.88. The largest absolute Gasteiger partial charge is 1.00 e. The zero-order valence-corrected chi connectivity index (χ0v) is 7.40. The van der Waals surface area contributed by atoms with E-state index in [-0.39, 0.29) is 47.5 Å². The first-order valence-electron chi connectivity index (χ1n) is 0.783. The Morgan fingerprint density at radius 1 is 1.29 bits per heavy atom. The Balaban J connectivity index is -0.0000000267. The van der Waals surface area contributed by atoms with Crippen molar-refractivity contribution in [2.45, 2.75) is 0 Å². The van der Waals surface area contributed by atoms with Crippen molar-refractivity contribution in [2.24, 2.45) is 0 Å². The normalized spacial score (nSPS) is 8.43. The van der Waals surface area contributed by atoms with E-state index in [0.29, 0.717) is 0 Å². The van der Waals surface area contributed by atoms with Gasteiger partial charge in [-0.15, -0.1) is 0 Å². The van der Waals surface area contributed by atoms with Crippen molar-refractivity contribution in [1.82, 2.24) is 0 Å². The zero-order chi connectivity index (χ0) is 4.50. The molecule has 0 amide bonds. The molecule has 0 fully saturated rings. The van der Waals surface area contributed by atoms with Crippen molar-refractivity contribution in [2.75, 3.05) is 0 Å². The standard InChI is InChI=1S/Na.Ni.H3O4P.H/c;;1-5(2,3)4;/h;;(H3,1,2,3,4);/q+1;;;-1. The molecular weight excluding hydrogens is 177 g/mol. The van der Waals surface area contributed by atoms with Gasteiger partial charge in [0.15, 0.2) is 0 Å². The summed E-state index contributed by atoms with van der Waals surface area (Å²) in [6, 6.07) is 0. The van der Waals surface area contributed by atoms with Crippen LogP contribution in [0.2, 0.25) is 0 Å². The Labute approximate surface area is 74.3 Å². The zero-order valence-electron chi connectivity index (χ0n) is 4.51. The summed E-state index contributed by atoms with van der Waals surface area (Å²) in [7, 11) is -4.64. The van der Waals surface area contributed by atoms with E-state index in [1.54, 1.807) is 0 Å². The third kappa shape index (κ3) is 92.9. The van der Waals surface area contributed by atoms with Gasteiger partial charge in [0.1, 0.15) is 0 Å². The summed E-state index contributed by atoms with van der Waals surface area (Å²) in [5.41, 5.74) is 0. The molecule has 0 aromatic carbocycles. The van der Waals surface area contributed by atoms with Crippen molar-refractivity contribution in [3.8, 4) is 0 Å². The average molecular weight is 181 g/mol. The molecular formula is H4NaNiO4P. The van der Waals surface area contributed by atoms with E-state index in [2.05, 4.69) is 0 Å². The van der Waals surface area contributed by atoms with Crippen LogP contribution in [0.3, 0.4) is 0 Å². The summed E-state index contributed by atoms with van der Waals surface area (Å²) in [5, 5.41) is 0. The average Bonchev–Trinajstić information content (AvgIpc) is 0.722. The van der Waals surface area contributed by atoms with Crippen LogP contribution in [-0.4, -0.2) is 14.7 Å². The van der Waals surface area contributed by atoms with Crippen molar-refractivity contribution in [3.05, 3.63) is 0 Å². The molecule has 0 aromatic heterocycles. The van der Waals surface area contributed by atoms with Crippen LogP contribution in [0.25, 0.3) is 0 Å². The number of phosphoric acid groups is 1. The van der Waals surface area contributed by atoms with Gasteiger partial charge in [-0.3, -0.25) is 0 Å². The van der Waals surface area contributed by atoms with Crippen LogP contribution in [-0.2, 0) is 21.1 Å². The molecule has 0 radical (unpaired) electrons. The molecule has 0 atom stereocenters. The van der Waals surface area contributed by atoms with Gasteiger partial charge in [0, 0.05) is 16.5 Å². The molecule has 0 heterocycles. The van der Waals surface area contributed by atoms with Crippen molar-refractivity contribution < 1.29 is 66.7 Å². The van der Waals surface area contributed by atoms with E-state index in [9.17, 15) is 0 Å². The summed E-state index contributed by atoms with van der Waals surface area (Å²) in [5.74, 6) is 0. The Hall–Kier alpha value is 1.60. The van der Waals surface area contributed by atoms with Gasteiger partial charge < -0.3 is 16.1 Å². The van der Waals surface area contributed by atoms with Gasteiger partial charge in [-0.2, -0.15) is 0 Å². The maximum Gasteiger partial charge on any atom is 1.00 e. The molecule has 0 rings (SSSR count). The minimum absolute atomic E-state index is 0. The second kappa shape index (κ2) is 5.74. The fraction of sp³-hybridized carbons (Fsp3) is 0. The first-order valence-corrected chi connectivity index (χ1v) is 2.35. The van der Waals surface area contributed by atoms with Gasteiger partial charge in [-0.1, -0.05) is 0 Å². The van der Waals surface area contributed by atoms with E-state index in [0.717, 1.165) is 0 Å². The molecule has 0 bridgehead atoms. The molecule has 0 aliphatic rings. The van der Waals surface area contributed by atoms with E-state index < -0.39 is 7.82 Å². The van der Waals surface area contributed by atoms with E-state index in [4.69, 9.17) is 19.2 Å². The molecule has 0 spiro atoms. The van der Waals surface area contributed by atoms with Crippen LogP contribution < -0.4 is 29.6 Å². The smallest absolute Gasteiger partial charge is 1.00 e. The third-order valence-electron chi connectivity index (χ3n) is 0. The fourth-order valence-electron chi connectivity index (χ4n) is 0. The van der Waals surface area contributed by atoms with Gasteiger partial charge in [-0.25, -0.2) is 4.57 Å². The Morgan fingerprint density at radius 3 is 1.29 bits per heavy atom. The summed E-state index contributed by atoms with van der Waals surface area (Å²) >= 11 is 0. The van der Waals surface area contributed by atoms with Gasteiger partial charge in [0.05, 0.1) is 0 Å². The molecule has 0 aromatic rings. The van der Waals surface area contributed by atoms with Crippen LogP contribution in [0.1, 0.15) is 1.43 Å². The molecule has 44 valence electrons. The number of rotatable bonds is 0. The summed E-state index contributed by atoms with van der Waals surface area (Å²) in [4.78, 5) is 21.6. The van der Waals surface area contributed by atoms with E-state index in [1.165, 1.54) is 0 Å². The summed E-state index contributed by atoms with van der Waals surface area (Å²) < 4.78 is 8.88. The van der Waals surface area contributed by atoms with Gasteiger partial charge in [0.25, 0.3) is 0 Å². The minimum atomic E-state index is -4.64. The number of hydrogen-bond acceptors (Lipinski definition) is 1. The van der Waals surface area contributed by atoms with E-state index >= 15 is 0 Å². The second-order valence-corrected chi connectivity index (χ2v) is 1.54.